The average Bonchev–Trinajstić information content (AvgIpc) is 2.30. The number of carbonyl (C=O) groups is 1. The van der Waals surface area contributed by atoms with E-state index in [1.54, 1.807) is 19.1 Å². The molecule has 0 unspecified atom stereocenters. The molecule has 1 aromatic rings. The van der Waals surface area contributed by atoms with Gasteiger partial charge in [-0.25, -0.2) is 4.39 Å². The first-order valence-electron chi connectivity index (χ1n) is 6.67. The Bertz CT molecular complexity index is 481. The van der Waals surface area contributed by atoms with Crippen LogP contribution < -0.4 is 5.32 Å². The maximum Gasteiger partial charge on any atom is 0.254 e. The van der Waals surface area contributed by atoms with Crippen LogP contribution in [-0.4, -0.2) is 37.0 Å². The second kappa shape index (κ2) is 5.29. The summed E-state index contributed by atoms with van der Waals surface area (Å²) in [4.78, 5) is 14.2. The van der Waals surface area contributed by atoms with Crippen LogP contribution in [0.3, 0.4) is 0 Å². The normalized spacial score (nSPS) is 17.1. The summed E-state index contributed by atoms with van der Waals surface area (Å²) in [6.45, 7) is 2.24. The minimum absolute atomic E-state index is 0.0515. The highest BCUT2D eigenvalue weighted by Gasteiger charge is 2.39. The fraction of sp³-hybridized carbons (Fsp3) is 0.533. The number of carbonyl (C=O) groups excluding carboxylic acids is 1. The highest BCUT2D eigenvalue weighted by Crippen LogP contribution is 2.35. The number of nitrogens with zero attached hydrogens (tertiary/aromatic N) is 1. The van der Waals surface area contributed by atoms with Gasteiger partial charge in [-0.3, -0.25) is 4.79 Å². The molecule has 1 N–H and O–H groups in total. The van der Waals surface area contributed by atoms with Crippen LogP contribution in [-0.2, 0) is 0 Å². The fourth-order valence-corrected chi connectivity index (χ4v) is 2.53. The number of aryl methyl sites for hydroxylation is 1. The molecule has 0 spiro atoms. The van der Waals surface area contributed by atoms with Crippen LogP contribution in [0.5, 0.6) is 0 Å². The lowest BCUT2D eigenvalue weighted by molar-refractivity contribution is 0.0556. The Morgan fingerprint density at radius 2 is 2.11 bits per heavy atom. The second-order valence-electron chi connectivity index (χ2n) is 5.59. The average molecular weight is 264 g/mol. The van der Waals surface area contributed by atoms with E-state index in [0.717, 1.165) is 12.8 Å². The van der Waals surface area contributed by atoms with E-state index in [-0.39, 0.29) is 17.0 Å². The van der Waals surface area contributed by atoms with Crippen LogP contribution in [0.4, 0.5) is 4.39 Å². The van der Waals surface area contributed by atoms with Crippen molar-refractivity contribution in [1.29, 1.82) is 0 Å². The Morgan fingerprint density at radius 1 is 1.42 bits per heavy atom. The van der Waals surface area contributed by atoms with Crippen molar-refractivity contribution in [1.82, 2.24) is 10.2 Å². The lowest BCUT2D eigenvalue weighted by Crippen LogP contribution is -2.57. The second-order valence-corrected chi connectivity index (χ2v) is 5.59. The summed E-state index contributed by atoms with van der Waals surface area (Å²) in [7, 11) is 4.05. The summed E-state index contributed by atoms with van der Waals surface area (Å²) < 4.78 is 13.9. The quantitative estimate of drug-likeness (QED) is 0.905. The smallest absolute Gasteiger partial charge is 0.254 e. The lowest BCUT2D eigenvalue weighted by atomic mass is 9.75. The van der Waals surface area contributed by atoms with Crippen LogP contribution in [0.25, 0.3) is 0 Å². The van der Waals surface area contributed by atoms with E-state index in [9.17, 15) is 9.18 Å². The third kappa shape index (κ3) is 2.63. The third-order valence-electron chi connectivity index (χ3n) is 4.25. The van der Waals surface area contributed by atoms with Gasteiger partial charge in [0.05, 0.1) is 5.56 Å². The topological polar surface area (TPSA) is 32.3 Å². The first-order valence-corrected chi connectivity index (χ1v) is 6.67. The molecule has 0 saturated heterocycles. The van der Waals surface area contributed by atoms with E-state index in [0.29, 0.717) is 12.1 Å². The van der Waals surface area contributed by atoms with E-state index in [1.807, 2.05) is 14.1 Å². The largest absolute Gasteiger partial charge is 0.350 e. The number of likely N-dealkylation sites (N-methyl/N-ethyl adjacent to an activating group) is 1. The molecule has 0 radical (unpaired) electrons. The van der Waals surface area contributed by atoms with Crippen molar-refractivity contribution >= 4 is 5.91 Å². The lowest BCUT2D eigenvalue weighted by Gasteiger charge is -2.47. The van der Waals surface area contributed by atoms with Gasteiger partial charge >= 0.3 is 0 Å². The number of nitrogens with one attached hydrogen (secondary N) is 1. The molecule has 0 aliphatic heterocycles. The molecule has 1 aliphatic rings. The van der Waals surface area contributed by atoms with Crippen molar-refractivity contribution in [2.45, 2.75) is 31.7 Å². The number of hydrogen-bond acceptors (Lipinski definition) is 2. The number of hydrogen-bond donors (Lipinski definition) is 1. The summed E-state index contributed by atoms with van der Waals surface area (Å²) in [5.74, 6) is -0.748. The Hall–Kier alpha value is -1.42. The zero-order chi connectivity index (χ0) is 14.0. The molecule has 104 valence electrons. The molecule has 4 heteroatoms. The van der Waals surface area contributed by atoms with Gasteiger partial charge in [-0.1, -0.05) is 12.1 Å². The van der Waals surface area contributed by atoms with E-state index in [1.165, 1.54) is 12.5 Å². The molecule has 2 rings (SSSR count). The molecule has 1 saturated carbocycles. The van der Waals surface area contributed by atoms with Gasteiger partial charge in [0.1, 0.15) is 5.82 Å². The SMILES string of the molecule is Cc1cccc(C(=O)NCC2(N(C)C)CCC2)c1F. The Morgan fingerprint density at radius 3 is 2.63 bits per heavy atom. The number of halogens is 1. The van der Waals surface area contributed by atoms with Crippen LogP contribution >= 0.6 is 0 Å². The van der Waals surface area contributed by atoms with Crippen LogP contribution in [0, 0.1) is 12.7 Å². The maximum atomic E-state index is 13.9. The standard InChI is InChI=1S/C15H21FN2O/c1-11-6-4-7-12(13(11)16)14(19)17-10-15(18(2)3)8-5-9-15/h4,6-7H,5,8-10H2,1-3H3,(H,17,19). The van der Waals surface area contributed by atoms with E-state index >= 15 is 0 Å². The summed E-state index contributed by atoms with van der Waals surface area (Å²) in [6, 6.07) is 4.90. The van der Waals surface area contributed by atoms with Crippen molar-refractivity contribution in [3.05, 3.63) is 35.1 Å². The van der Waals surface area contributed by atoms with Gasteiger partial charge in [0.2, 0.25) is 0 Å². The van der Waals surface area contributed by atoms with Crippen LogP contribution in [0.1, 0.15) is 35.2 Å². The molecule has 1 fully saturated rings. The van der Waals surface area contributed by atoms with Crippen LogP contribution in [0.2, 0.25) is 0 Å². The summed E-state index contributed by atoms with van der Waals surface area (Å²) >= 11 is 0. The molecule has 0 bridgehead atoms. The van der Waals surface area contributed by atoms with Crippen molar-refractivity contribution in [3.63, 3.8) is 0 Å². The molecule has 0 aromatic heterocycles. The van der Waals surface area contributed by atoms with E-state index < -0.39 is 5.82 Å². The number of rotatable bonds is 4. The van der Waals surface area contributed by atoms with Gasteiger partial charge in [-0.05, 0) is 51.9 Å². The Kier molecular flexibility index (Phi) is 3.90. The molecule has 3 nitrogen and oxygen atoms in total. The van der Waals surface area contributed by atoms with Gasteiger partial charge in [0.15, 0.2) is 0 Å². The van der Waals surface area contributed by atoms with Gasteiger partial charge in [0, 0.05) is 12.1 Å². The summed E-state index contributed by atoms with van der Waals surface area (Å²) in [5.41, 5.74) is 0.683. The van der Waals surface area contributed by atoms with E-state index in [4.69, 9.17) is 0 Å². The zero-order valence-electron chi connectivity index (χ0n) is 11.8. The van der Waals surface area contributed by atoms with Crippen molar-refractivity contribution in [2.24, 2.45) is 0 Å². The van der Waals surface area contributed by atoms with Gasteiger partial charge in [-0.15, -0.1) is 0 Å². The Balaban J connectivity index is 2.04. The first-order chi connectivity index (χ1) is 8.96. The molecule has 0 heterocycles. The minimum Gasteiger partial charge on any atom is -0.350 e. The monoisotopic (exact) mass is 264 g/mol. The van der Waals surface area contributed by atoms with Crippen molar-refractivity contribution in [2.75, 3.05) is 20.6 Å². The van der Waals surface area contributed by atoms with Gasteiger partial charge in [0.25, 0.3) is 5.91 Å². The van der Waals surface area contributed by atoms with Crippen molar-refractivity contribution in [3.8, 4) is 0 Å². The van der Waals surface area contributed by atoms with E-state index in [2.05, 4.69) is 10.2 Å². The predicted molar refractivity (Wildman–Crippen MR) is 73.7 cm³/mol. The molecule has 19 heavy (non-hydrogen) atoms. The first kappa shape index (κ1) is 14.0. The highest BCUT2D eigenvalue weighted by molar-refractivity contribution is 5.94. The molecule has 1 amide bonds. The van der Waals surface area contributed by atoms with Gasteiger partial charge < -0.3 is 10.2 Å². The highest BCUT2D eigenvalue weighted by atomic mass is 19.1. The maximum absolute atomic E-state index is 13.9. The number of benzene rings is 1. The molecular weight excluding hydrogens is 243 g/mol. The summed E-state index contributed by atoms with van der Waals surface area (Å²) in [6.07, 6.45) is 3.35. The van der Waals surface area contributed by atoms with Crippen LogP contribution in [0.15, 0.2) is 18.2 Å². The van der Waals surface area contributed by atoms with Crippen molar-refractivity contribution < 1.29 is 9.18 Å². The fourth-order valence-electron chi connectivity index (χ4n) is 2.53. The molecular formula is C15H21FN2O. The minimum atomic E-state index is -0.424. The number of amides is 1. The van der Waals surface area contributed by atoms with Gasteiger partial charge in [-0.2, -0.15) is 0 Å². The zero-order valence-corrected chi connectivity index (χ0v) is 11.8. The Labute approximate surface area is 113 Å². The predicted octanol–water partition coefficient (Wildman–Crippen LogP) is 2.35. The molecule has 1 aromatic carbocycles. The molecule has 1 aliphatic carbocycles. The third-order valence-corrected chi connectivity index (χ3v) is 4.25. The summed E-state index contributed by atoms with van der Waals surface area (Å²) in [5, 5.41) is 2.87. The molecule has 0 atom stereocenters.